The molecule has 0 amide bonds. The quantitative estimate of drug-likeness (QED) is 0.704. The van der Waals surface area contributed by atoms with Gasteiger partial charge in [0, 0.05) is 13.0 Å². The van der Waals surface area contributed by atoms with E-state index in [0.29, 0.717) is 12.3 Å². The molecule has 0 spiro atoms. The van der Waals surface area contributed by atoms with Crippen molar-refractivity contribution in [3.8, 4) is 0 Å². The lowest BCUT2D eigenvalue weighted by molar-refractivity contribution is -0.138. The van der Waals surface area contributed by atoms with E-state index in [9.17, 15) is 13.2 Å². The second-order valence-corrected chi connectivity index (χ2v) is 9.83. The Morgan fingerprint density at radius 3 is 2.52 bits per heavy atom. The molecule has 0 aliphatic rings. The third-order valence-corrected chi connectivity index (χ3v) is 6.96. The maximum atomic E-state index is 12.2. The van der Waals surface area contributed by atoms with Crippen LogP contribution in [0.2, 0.25) is 0 Å². The van der Waals surface area contributed by atoms with Crippen LogP contribution in [0.4, 0.5) is 0 Å². The number of carboxylic acid groups (broad SMARTS) is 1. The lowest BCUT2D eigenvalue weighted by atomic mass is 9.94. The third-order valence-electron chi connectivity index (χ3n) is 2.93. The van der Waals surface area contributed by atoms with Gasteiger partial charge in [-0.25, -0.2) is 13.1 Å². The van der Waals surface area contributed by atoms with Crippen LogP contribution in [-0.4, -0.2) is 26.0 Å². The highest BCUT2D eigenvalue weighted by molar-refractivity contribution is 9.11. The Hall–Kier alpha value is -0.440. The molecule has 0 saturated carbocycles. The van der Waals surface area contributed by atoms with Gasteiger partial charge in [0.05, 0.1) is 3.79 Å². The molecule has 0 radical (unpaired) electrons. The first-order valence-electron chi connectivity index (χ1n) is 6.59. The van der Waals surface area contributed by atoms with E-state index in [-0.39, 0.29) is 23.1 Å². The van der Waals surface area contributed by atoms with E-state index in [1.54, 1.807) is 6.07 Å². The molecule has 0 bridgehead atoms. The molecule has 1 atom stereocenters. The van der Waals surface area contributed by atoms with E-state index in [2.05, 4.69) is 20.7 Å². The molecule has 5 nitrogen and oxygen atoms in total. The van der Waals surface area contributed by atoms with Crippen molar-refractivity contribution in [3.05, 3.63) is 15.4 Å². The van der Waals surface area contributed by atoms with Crippen LogP contribution >= 0.6 is 27.3 Å². The summed E-state index contributed by atoms with van der Waals surface area (Å²) in [4.78, 5) is 10.9. The molecule has 2 N–H and O–H groups in total. The number of carbonyl (C=O) groups is 1. The van der Waals surface area contributed by atoms with Crippen LogP contribution in [-0.2, 0) is 14.8 Å². The van der Waals surface area contributed by atoms with Gasteiger partial charge in [0.2, 0.25) is 10.0 Å². The first-order valence-corrected chi connectivity index (χ1v) is 9.68. The molecule has 0 aliphatic carbocycles. The van der Waals surface area contributed by atoms with Crippen molar-refractivity contribution in [3.63, 3.8) is 0 Å². The standard InChI is InChI=1S/C13H20BrNO4S2/c1-8(2)4-10(6-11(16)17)7-15-21(18,19)12-5-9(3)13(14)20-12/h5,8,10,15H,4,6-7H2,1-3H3,(H,16,17). The van der Waals surface area contributed by atoms with E-state index in [4.69, 9.17) is 5.11 Å². The van der Waals surface area contributed by atoms with Crippen LogP contribution < -0.4 is 4.72 Å². The first kappa shape index (κ1) is 18.6. The summed E-state index contributed by atoms with van der Waals surface area (Å²) in [7, 11) is -3.58. The van der Waals surface area contributed by atoms with Gasteiger partial charge in [0.15, 0.2) is 0 Å². The summed E-state index contributed by atoms with van der Waals surface area (Å²) < 4.78 is 28.0. The Morgan fingerprint density at radius 2 is 2.10 bits per heavy atom. The highest BCUT2D eigenvalue weighted by Gasteiger charge is 2.22. The van der Waals surface area contributed by atoms with Crippen molar-refractivity contribution < 1.29 is 18.3 Å². The smallest absolute Gasteiger partial charge is 0.303 e. The van der Waals surface area contributed by atoms with Crippen LogP contribution in [0.3, 0.4) is 0 Å². The summed E-state index contributed by atoms with van der Waals surface area (Å²) >= 11 is 4.45. The number of rotatable bonds is 8. The zero-order valence-electron chi connectivity index (χ0n) is 12.2. The average Bonchev–Trinajstić information content (AvgIpc) is 2.66. The summed E-state index contributed by atoms with van der Waals surface area (Å²) in [6.07, 6.45) is 0.635. The third kappa shape index (κ3) is 6.06. The highest BCUT2D eigenvalue weighted by atomic mass is 79.9. The first-order chi connectivity index (χ1) is 9.61. The van der Waals surface area contributed by atoms with Crippen molar-refractivity contribution in [2.75, 3.05) is 6.54 Å². The van der Waals surface area contributed by atoms with Gasteiger partial charge in [0.25, 0.3) is 0 Å². The normalized spacial score (nSPS) is 13.6. The van der Waals surface area contributed by atoms with Crippen molar-refractivity contribution in [2.24, 2.45) is 11.8 Å². The Bertz CT molecular complexity index is 576. The van der Waals surface area contributed by atoms with Gasteiger partial charge in [-0.2, -0.15) is 0 Å². The number of carboxylic acids is 1. The predicted octanol–water partition coefficient (Wildman–Crippen LogP) is 3.23. The van der Waals surface area contributed by atoms with Gasteiger partial charge in [-0.15, -0.1) is 11.3 Å². The maximum absolute atomic E-state index is 12.2. The van der Waals surface area contributed by atoms with Gasteiger partial charge >= 0.3 is 5.97 Å². The maximum Gasteiger partial charge on any atom is 0.303 e. The minimum Gasteiger partial charge on any atom is -0.481 e. The summed E-state index contributed by atoms with van der Waals surface area (Å²) in [6.45, 7) is 5.94. The topological polar surface area (TPSA) is 83.5 Å². The summed E-state index contributed by atoms with van der Waals surface area (Å²) in [5.74, 6) is -0.798. The highest BCUT2D eigenvalue weighted by Crippen LogP contribution is 2.30. The fourth-order valence-electron chi connectivity index (χ4n) is 2.02. The molecule has 0 aliphatic heterocycles. The van der Waals surface area contributed by atoms with Crippen LogP contribution in [0.5, 0.6) is 0 Å². The molecule has 1 aromatic rings. The number of thiophene rings is 1. The van der Waals surface area contributed by atoms with E-state index < -0.39 is 16.0 Å². The van der Waals surface area contributed by atoms with Crippen molar-refractivity contribution in [2.45, 2.75) is 37.8 Å². The number of halogens is 1. The van der Waals surface area contributed by atoms with Gasteiger partial charge in [-0.05, 0) is 52.7 Å². The van der Waals surface area contributed by atoms with Crippen LogP contribution in [0.25, 0.3) is 0 Å². The minimum absolute atomic E-state index is 0.0339. The molecule has 0 fully saturated rings. The summed E-state index contributed by atoms with van der Waals surface area (Å²) in [5.41, 5.74) is 0.865. The van der Waals surface area contributed by atoms with Gasteiger partial charge in [0.1, 0.15) is 4.21 Å². The molecule has 1 aromatic heterocycles. The molecular weight excluding hydrogens is 378 g/mol. The molecule has 120 valence electrons. The second-order valence-electron chi connectivity index (χ2n) is 5.47. The Morgan fingerprint density at radius 1 is 1.48 bits per heavy atom. The largest absolute Gasteiger partial charge is 0.481 e. The van der Waals surface area contributed by atoms with Gasteiger partial charge < -0.3 is 5.11 Å². The number of sulfonamides is 1. The van der Waals surface area contributed by atoms with Crippen LogP contribution in [0, 0.1) is 18.8 Å². The monoisotopic (exact) mass is 397 g/mol. The summed E-state index contributed by atoms with van der Waals surface area (Å²) in [5, 5.41) is 8.90. The summed E-state index contributed by atoms with van der Waals surface area (Å²) in [6, 6.07) is 1.60. The zero-order chi connectivity index (χ0) is 16.2. The van der Waals surface area contributed by atoms with Crippen molar-refractivity contribution >= 4 is 43.3 Å². The molecule has 1 heterocycles. The Kier molecular flexibility index (Phi) is 6.83. The SMILES string of the molecule is Cc1cc(S(=O)(=O)NCC(CC(=O)O)CC(C)C)sc1Br. The number of aliphatic carboxylic acids is 1. The average molecular weight is 398 g/mol. The lowest BCUT2D eigenvalue weighted by Crippen LogP contribution is -2.30. The fraction of sp³-hybridized carbons (Fsp3) is 0.615. The van der Waals surface area contributed by atoms with Crippen LogP contribution in [0.15, 0.2) is 14.1 Å². The zero-order valence-corrected chi connectivity index (χ0v) is 15.4. The molecular formula is C13H20BrNO4S2. The second kappa shape index (κ2) is 7.71. The van der Waals surface area contributed by atoms with E-state index in [1.807, 2.05) is 20.8 Å². The Labute approximate surface area is 137 Å². The number of nitrogens with one attached hydrogen (secondary N) is 1. The predicted molar refractivity (Wildman–Crippen MR) is 87.1 cm³/mol. The van der Waals surface area contributed by atoms with E-state index in [0.717, 1.165) is 20.7 Å². The number of hydrogen-bond donors (Lipinski definition) is 2. The molecule has 0 saturated heterocycles. The fourth-order valence-corrected chi connectivity index (χ4v) is 5.40. The Balaban J connectivity index is 2.75. The van der Waals surface area contributed by atoms with Gasteiger partial charge in [-0.1, -0.05) is 13.8 Å². The van der Waals surface area contributed by atoms with Crippen molar-refractivity contribution in [1.29, 1.82) is 0 Å². The molecule has 1 unspecified atom stereocenters. The molecule has 0 aromatic carbocycles. The molecule has 21 heavy (non-hydrogen) atoms. The minimum atomic E-state index is -3.58. The van der Waals surface area contributed by atoms with Gasteiger partial charge in [-0.3, -0.25) is 4.79 Å². The molecule has 1 rings (SSSR count). The van der Waals surface area contributed by atoms with Crippen molar-refractivity contribution in [1.82, 2.24) is 4.72 Å². The number of hydrogen-bond acceptors (Lipinski definition) is 4. The molecule has 8 heteroatoms. The van der Waals surface area contributed by atoms with Crippen LogP contribution in [0.1, 0.15) is 32.3 Å². The van der Waals surface area contributed by atoms with E-state index >= 15 is 0 Å². The lowest BCUT2D eigenvalue weighted by Gasteiger charge is -2.17. The van der Waals surface area contributed by atoms with E-state index in [1.165, 1.54) is 0 Å². The number of aryl methyl sites for hydroxylation is 1.